The van der Waals surface area contributed by atoms with Gasteiger partial charge in [0, 0.05) is 12.4 Å². The molecule has 2 heterocycles. The van der Waals surface area contributed by atoms with Crippen LogP contribution in [-0.2, 0) is 5.75 Å². The SMILES string of the molecule is Cc1cccc2c(=O)[nH]c(CSc3ncccn3)nc12. The van der Waals surface area contributed by atoms with E-state index in [1.807, 2.05) is 19.1 Å². The summed E-state index contributed by atoms with van der Waals surface area (Å²) in [6, 6.07) is 7.36. The van der Waals surface area contributed by atoms with Crippen molar-refractivity contribution in [3.63, 3.8) is 0 Å². The Bertz CT molecular complexity index is 801. The van der Waals surface area contributed by atoms with E-state index >= 15 is 0 Å². The third-order valence-corrected chi connectivity index (χ3v) is 3.75. The van der Waals surface area contributed by atoms with Gasteiger partial charge in [-0.3, -0.25) is 4.79 Å². The van der Waals surface area contributed by atoms with Gasteiger partial charge in [0.2, 0.25) is 0 Å². The Kier molecular flexibility index (Phi) is 3.47. The second-order valence-electron chi connectivity index (χ2n) is 4.30. The number of hydrogen-bond donors (Lipinski definition) is 1. The summed E-state index contributed by atoms with van der Waals surface area (Å²) in [5.74, 6) is 1.16. The van der Waals surface area contributed by atoms with Crippen molar-refractivity contribution in [3.05, 3.63) is 58.4 Å². The van der Waals surface area contributed by atoms with Crippen LogP contribution in [-0.4, -0.2) is 19.9 Å². The van der Waals surface area contributed by atoms with Crippen LogP contribution in [0, 0.1) is 6.92 Å². The Labute approximate surface area is 119 Å². The zero-order valence-electron chi connectivity index (χ0n) is 10.8. The van der Waals surface area contributed by atoms with E-state index in [1.165, 1.54) is 11.8 Å². The first kappa shape index (κ1) is 12.8. The van der Waals surface area contributed by atoms with Crippen molar-refractivity contribution in [3.8, 4) is 0 Å². The first-order valence-corrected chi connectivity index (χ1v) is 7.11. The molecule has 1 aromatic carbocycles. The molecule has 0 radical (unpaired) electrons. The molecule has 100 valence electrons. The Morgan fingerprint density at radius 3 is 2.80 bits per heavy atom. The number of benzene rings is 1. The summed E-state index contributed by atoms with van der Waals surface area (Å²) in [6.07, 6.45) is 3.38. The smallest absolute Gasteiger partial charge is 0.258 e. The molecule has 0 spiro atoms. The fraction of sp³-hybridized carbons (Fsp3) is 0.143. The molecule has 0 saturated heterocycles. The Balaban J connectivity index is 1.93. The summed E-state index contributed by atoms with van der Waals surface area (Å²) in [4.78, 5) is 27.6. The Morgan fingerprint density at radius 2 is 2.00 bits per heavy atom. The lowest BCUT2D eigenvalue weighted by Gasteiger charge is -2.04. The van der Waals surface area contributed by atoms with Crippen LogP contribution < -0.4 is 5.56 Å². The van der Waals surface area contributed by atoms with E-state index in [-0.39, 0.29) is 5.56 Å². The van der Waals surface area contributed by atoms with Gasteiger partial charge in [-0.1, -0.05) is 23.9 Å². The fourth-order valence-corrected chi connectivity index (χ4v) is 2.59. The number of H-pyrrole nitrogens is 1. The van der Waals surface area contributed by atoms with Gasteiger partial charge in [0.05, 0.1) is 16.7 Å². The molecule has 0 saturated carbocycles. The first-order chi connectivity index (χ1) is 9.74. The molecular formula is C14H12N4OS. The highest BCUT2D eigenvalue weighted by Crippen LogP contribution is 2.17. The number of aromatic amines is 1. The minimum atomic E-state index is -0.108. The Morgan fingerprint density at radius 1 is 1.20 bits per heavy atom. The summed E-state index contributed by atoms with van der Waals surface area (Å²) in [5.41, 5.74) is 1.64. The van der Waals surface area contributed by atoms with E-state index in [0.717, 1.165) is 11.1 Å². The molecule has 2 aromatic heterocycles. The zero-order chi connectivity index (χ0) is 13.9. The number of fused-ring (bicyclic) bond motifs is 1. The molecule has 20 heavy (non-hydrogen) atoms. The van der Waals surface area contributed by atoms with E-state index in [1.54, 1.807) is 24.5 Å². The van der Waals surface area contributed by atoms with Gasteiger partial charge in [-0.25, -0.2) is 15.0 Å². The highest BCUT2D eigenvalue weighted by molar-refractivity contribution is 7.98. The summed E-state index contributed by atoms with van der Waals surface area (Å²) in [7, 11) is 0. The van der Waals surface area contributed by atoms with Crippen LogP contribution in [0.5, 0.6) is 0 Å². The standard InChI is InChI=1S/C14H12N4OS/c1-9-4-2-5-10-12(9)17-11(18-13(10)19)8-20-14-15-6-3-7-16-14/h2-7H,8H2,1H3,(H,17,18,19). The van der Waals surface area contributed by atoms with Crippen LogP contribution in [0.3, 0.4) is 0 Å². The van der Waals surface area contributed by atoms with Gasteiger partial charge >= 0.3 is 0 Å². The molecule has 1 N–H and O–H groups in total. The predicted octanol–water partition coefficient (Wildman–Crippen LogP) is 2.31. The highest BCUT2D eigenvalue weighted by atomic mass is 32.2. The number of aromatic nitrogens is 4. The number of hydrogen-bond acceptors (Lipinski definition) is 5. The fourth-order valence-electron chi connectivity index (χ4n) is 1.91. The summed E-state index contributed by atoms with van der Waals surface area (Å²) < 4.78 is 0. The lowest BCUT2D eigenvalue weighted by Crippen LogP contribution is -2.11. The van der Waals surface area contributed by atoms with Crippen LogP contribution in [0.2, 0.25) is 0 Å². The summed E-state index contributed by atoms with van der Waals surface area (Å²) in [5, 5.41) is 1.29. The van der Waals surface area contributed by atoms with Crippen molar-refractivity contribution >= 4 is 22.7 Å². The molecule has 0 atom stereocenters. The average molecular weight is 284 g/mol. The third-order valence-electron chi connectivity index (χ3n) is 2.87. The number of nitrogens with one attached hydrogen (secondary N) is 1. The highest BCUT2D eigenvalue weighted by Gasteiger charge is 2.06. The van der Waals surface area contributed by atoms with Crippen molar-refractivity contribution in [1.82, 2.24) is 19.9 Å². The molecule has 5 nitrogen and oxygen atoms in total. The minimum Gasteiger partial charge on any atom is -0.309 e. The molecular weight excluding hydrogens is 272 g/mol. The third kappa shape index (κ3) is 2.55. The van der Waals surface area contributed by atoms with Gasteiger partial charge in [-0.15, -0.1) is 0 Å². The summed E-state index contributed by atoms with van der Waals surface area (Å²) in [6.45, 7) is 1.95. The van der Waals surface area contributed by atoms with Crippen molar-refractivity contribution in [2.45, 2.75) is 17.8 Å². The number of aryl methyl sites for hydroxylation is 1. The van der Waals surface area contributed by atoms with Crippen molar-refractivity contribution < 1.29 is 0 Å². The number of thioether (sulfide) groups is 1. The van der Waals surface area contributed by atoms with E-state index in [2.05, 4.69) is 19.9 Å². The number of para-hydroxylation sites is 1. The van der Waals surface area contributed by atoms with Gasteiger partial charge in [0.25, 0.3) is 5.56 Å². The van der Waals surface area contributed by atoms with Crippen LogP contribution in [0.25, 0.3) is 10.9 Å². The first-order valence-electron chi connectivity index (χ1n) is 6.12. The molecule has 3 rings (SSSR count). The van der Waals surface area contributed by atoms with Gasteiger partial charge in [-0.05, 0) is 24.6 Å². The van der Waals surface area contributed by atoms with E-state index < -0.39 is 0 Å². The lowest BCUT2D eigenvalue weighted by atomic mass is 10.1. The van der Waals surface area contributed by atoms with E-state index in [4.69, 9.17) is 0 Å². The van der Waals surface area contributed by atoms with Gasteiger partial charge < -0.3 is 4.98 Å². The molecule has 0 unspecified atom stereocenters. The van der Waals surface area contributed by atoms with Crippen LogP contribution in [0.4, 0.5) is 0 Å². The second-order valence-corrected chi connectivity index (χ2v) is 5.25. The maximum atomic E-state index is 12.0. The van der Waals surface area contributed by atoms with Gasteiger partial charge in [0.15, 0.2) is 5.16 Å². The average Bonchev–Trinajstić information content (AvgIpc) is 2.47. The second kappa shape index (κ2) is 5.42. The molecule has 0 aliphatic rings. The molecule has 0 amide bonds. The van der Waals surface area contributed by atoms with Crippen LogP contribution in [0.1, 0.15) is 11.4 Å². The molecule has 0 bridgehead atoms. The monoisotopic (exact) mass is 284 g/mol. The maximum Gasteiger partial charge on any atom is 0.258 e. The minimum absolute atomic E-state index is 0.108. The van der Waals surface area contributed by atoms with E-state index in [9.17, 15) is 4.79 Å². The quantitative estimate of drug-likeness (QED) is 0.590. The zero-order valence-corrected chi connectivity index (χ0v) is 11.6. The molecule has 6 heteroatoms. The van der Waals surface area contributed by atoms with Crippen LogP contribution >= 0.6 is 11.8 Å². The number of nitrogens with zero attached hydrogens (tertiary/aromatic N) is 3. The maximum absolute atomic E-state index is 12.0. The predicted molar refractivity (Wildman–Crippen MR) is 78.7 cm³/mol. The van der Waals surface area contributed by atoms with Crippen LogP contribution in [0.15, 0.2) is 46.6 Å². The topological polar surface area (TPSA) is 71.5 Å². The van der Waals surface area contributed by atoms with Gasteiger partial charge in [0.1, 0.15) is 5.82 Å². The normalized spacial score (nSPS) is 10.8. The van der Waals surface area contributed by atoms with Crippen molar-refractivity contribution in [2.75, 3.05) is 0 Å². The van der Waals surface area contributed by atoms with Gasteiger partial charge in [-0.2, -0.15) is 0 Å². The Hall–Kier alpha value is -2.21. The molecule has 0 aliphatic carbocycles. The lowest BCUT2D eigenvalue weighted by molar-refractivity contribution is 0.958. The van der Waals surface area contributed by atoms with Crippen molar-refractivity contribution in [1.29, 1.82) is 0 Å². The molecule has 0 fully saturated rings. The number of rotatable bonds is 3. The van der Waals surface area contributed by atoms with E-state index in [0.29, 0.717) is 22.1 Å². The van der Waals surface area contributed by atoms with Crippen molar-refractivity contribution in [2.24, 2.45) is 0 Å². The molecule has 3 aromatic rings. The summed E-state index contributed by atoms with van der Waals surface area (Å²) >= 11 is 1.44. The largest absolute Gasteiger partial charge is 0.309 e. The molecule has 0 aliphatic heterocycles.